The maximum absolute atomic E-state index is 13.0. The smallest absolute Gasteiger partial charge is 0.317 e. The summed E-state index contributed by atoms with van der Waals surface area (Å²) in [6, 6.07) is 3.87. The Hall–Kier alpha value is -1.72. The summed E-state index contributed by atoms with van der Waals surface area (Å²) >= 11 is 0. The number of carbonyl (C=O) groups is 1. The van der Waals surface area contributed by atoms with Crippen LogP contribution in [0.3, 0.4) is 0 Å². The van der Waals surface area contributed by atoms with Gasteiger partial charge in [-0.3, -0.25) is 4.90 Å². The zero-order valence-electron chi connectivity index (χ0n) is 10.4. The van der Waals surface area contributed by atoms with Gasteiger partial charge in [0, 0.05) is 18.7 Å². The number of hydrogen-bond donors (Lipinski definition) is 0. The number of alkyl halides is 3. The molecule has 6 heteroatoms. The number of fused-ring (bicyclic) bond motifs is 1. The lowest BCUT2D eigenvalue weighted by Gasteiger charge is -2.36. The lowest BCUT2D eigenvalue weighted by Crippen LogP contribution is -2.46. The van der Waals surface area contributed by atoms with Crippen molar-refractivity contribution in [1.82, 2.24) is 4.90 Å². The van der Waals surface area contributed by atoms with Gasteiger partial charge >= 0.3 is 12.2 Å². The van der Waals surface area contributed by atoms with Gasteiger partial charge in [0.1, 0.15) is 0 Å². The fourth-order valence-corrected chi connectivity index (χ4v) is 2.53. The van der Waals surface area contributed by atoms with E-state index in [9.17, 15) is 18.0 Å². The Morgan fingerprint density at radius 3 is 2.53 bits per heavy atom. The summed E-state index contributed by atoms with van der Waals surface area (Å²) in [6.07, 6.45) is -2.63. The molecule has 3 rings (SSSR count). The van der Waals surface area contributed by atoms with E-state index in [4.69, 9.17) is 0 Å². The highest BCUT2D eigenvalue weighted by atomic mass is 19.4. The topological polar surface area (TPSA) is 23.6 Å². The summed E-state index contributed by atoms with van der Waals surface area (Å²) in [5, 5.41) is 0. The molecule has 1 aliphatic heterocycles. The molecule has 0 atom stereocenters. The average molecular weight is 270 g/mol. The highest BCUT2D eigenvalue weighted by Gasteiger charge is 2.42. The fraction of sp³-hybridized carbons (Fsp3) is 0.462. The lowest BCUT2D eigenvalue weighted by molar-refractivity contribution is -0.138. The van der Waals surface area contributed by atoms with Gasteiger partial charge in [-0.2, -0.15) is 13.2 Å². The van der Waals surface area contributed by atoms with Gasteiger partial charge in [-0.15, -0.1) is 0 Å². The van der Waals surface area contributed by atoms with Gasteiger partial charge in [0.05, 0.1) is 17.8 Å². The van der Waals surface area contributed by atoms with Crippen LogP contribution in [0.2, 0.25) is 0 Å². The number of carbonyl (C=O) groups excluding carboxylic acids is 1. The van der Waals surface area contributed by atoms with Crippen LogP contribution in [-0.4, -0.2) is 24.0 Å². The maximum atomic E-state index is 13.0. The van der Waals surface area contributed by atoms with Crippen molar-refractivity contribution in [1.29, 1.82) is 0 Å². The van der Waals surface area contributed by atoms with Crippen LogP contribution in [-0.2, 0) is 12.7 Å². The van der Waals surface area contributed by atoms with Crippen LogP contribution in [0.4, 0.5) is 23.7 Å². The van der Waals surface area contributed by atoms with Gasteiger partial charge in [0.2, 0.25) is 0 Å². The van der Waals surface area contributed by atoms with Crippen molar-refractivity contribution < 1.29 is 18.0 Å². The summed E-state index contributed by atoms with van der Waals surface area (Å²) in [5.41, 5.74) is -0.0873. The predicted molar refractivity (Wildman–Crippen MR) is 63.8 cm³/mol. The highest BCUT2D eigenvalue weighted by molar-refractivity contribution is 5.95. The summed E-state index contributed by atoms with van der Waals surface area (Å²) in [7, 11) is 1.52. The number of urea groups is 1. The van der Waals surface area contributed by atoms with E-state index in [2.05, 4.69) is 0 Å². The van der Waals surface area contributed by atoms with Crippen molar-refractivity contribution in [3.63, 3.8) is 0 Å². The van der Waals surface area contributed by atoms with E-state index in [1.807, 2.05) is 0 Å². The Balaban J connectivity index is 2.09. The normalized spacial score (nSPS) is 19.7. The maximum Gasteiger partial charge on any atom is 0.416 e. The number of nitrogens with zero attached hydrogens (tertiary/aromatic N) is 2. The molecule has 0 spiro atoms. The lowest BCUT2D eigenvalue weighted by atomic mass is 10.0. The quantitative estimate of drug-likeness (QED) is 0.768. The Labute approximate surface area is 108 Å². The standard InChI is InChI=1S/C13H13F3N2O/c1-17-11-4-2-3-10(13(14,15)16)9(11)7-18(12(17)19)8-5-6-8/h2-4,8H,5-7H2,1H3. The van der Waals surface area contributed by atoms with Gasteiger partial charge in [-0.05, 0) is 25.0 Å². The number of rotatable bonds is 1. The van der Waals surface area contributed by atoms with Crippen LogP contribution < -0.4 is 4.90 Å². The first-order valence-corrected chi connectivity index (χ1v) is 6.13. The summed E-state index contributed by atoms with van der Waals surface area (Å²) in [5.74, 6) is 0. The second-order valence-electron chi connectivity index (χ2n) is 5.00. The molecule has 19 heavy (non-hydrogen) atoms. The highest BCUT2D eigenvalue weighted by Crippen LogP contribution is 2.41. The van der Waals surface area contributed by atoms with Crippen molar-refractivity contribution in [2.24, 2.45) is 0 Å². The number of hydrogen-bond acceptors (Lipinski definition) is 1. The average Bonchev–Trinajstić information content (AvgIpc) is 3.16. The zero-order chi connectivity index (χ0) is 13.8. The molecule has 0 saturated heterocycles. The van der Waals surface area contributed by atoms with Crippen molar-refractivity contribution >= 4 is 11.7 Å². The molecular formula is C13H13F3N2O. The minimum Gasteiger partial charge on any atom is -0.317 e. The van der Waals surface area contributed by atoms with Crippen LogP contribution in [0.25, 0.3) is 0 Å². The minimum atomic E-state index is -4.39. The van der Waals surface area contributed by atoms with Crippen LogP contribution in [0.1, 0.15) is 24.0 Å². The van der Waals surface area contributed by atoms with Gasteiger partial charge in [0.25, 0.3) is 0 Å². The number of anilines is 1. The van der Waals surface area contributed by atoms with E-state index in [0.29, 0.717) is 5.69 Å². The van der Waals surface area contributed by atoms with E-state index < -0.39 is 11.7 Å². The van der Waals surface area contributed by atoms with Crippen LogP contribution in [0.5, 0.6) is 0 Å². The zero-order valence-corrected chi connectivity index (χ0v) is 10.4. The molecular weight excluding hydrogens is 257 g/mol. The molecule has 1 fully saturated rings. The molecule has 1 aromatic carbocycles. The monoisotopic (exact) mass is 270 g/mol. The Morgan fingerprint density at radius 2 is 1.95 bits per heavy atom. The molecule has 0 aromatic heterocycles. The molecule has 0 radical (unpaired) electrons. The van der Waals surface area contributed by atoms with E-state index in [1.165, 1.54) is 22.9 Å². The van der Waals surface area contributed by atoms with Crippen LogP contribution in [0.15, 0.2) is 18.2 Å². The van der Waals surface area contributed by atoms with E-state index in [1.54, 1.807) is 6.07 Å². The SMILES string of the molecule is CN1C(=O)N(C2CC2)Cc2c1cccc2C(F)(F)F. The third kappa shape index (κ3) is 1.95. The first kappa shape index (κ1) is 12.3. The third-order valence-corrected chi connectivity index (χ3v) is 3.67. The van der Waals surface area contributed by atoms with Crippen molar-refractivity contribution in [2.45, 2.75) is 31.6 Å². The molecule has 0 unspecified atom stereocenters. The second kappa shape index (κ2) is 3.88. The van der Waals surface area contributed by atoms with Crippen LogP contribution >= 0.6 is 0 Å². The largest absolute Gasteiger partial charge is 0.416 e. The van der Waals surface area contributed by atoms with Gasteiger partial charge < -0.3 is 4.90 Å². The van der Waals surface area contributed by atoms with E-state index >= 15 is 0 Å². The molecule has 1 heterocycles. The molecule has 1 aliphatic carbocycles. The molecule has 0 N–H and O–H groups in total. The summed E-state index contributed by atoms with van der Waals surface area (Å²) in [6.45, 7) is 0.0544. The first-order valence-electron chi connectivity index (χ1n) is 6.13. The van der Waals surface area contributed by atoms with E-state index in [-0.39, 0.29) is 24.2 Å². The van der Waals surface area contributed by atoms with Crippen LogP contribution in [0, 0.1) is 0 Å². The molecule has 2 aliphatic rings. The molecule has 1 saturated carbocycles. The Kier molecular flexibility index (Phi) is 2.52. The van der Waals surface area contributed by atoms with Gasteiger partial charge in [-0.1, -0.05) is 6.07 Å². The Morgan fingerprint density at radius 1 is 1.26 bits per heavy atom. The second-order valence-corrected chi connectivity index (χ2v) is 5.00. The van der Waals surface area contributed by atoms with Gasteiger partial charge in [0.15, 0.2) is 0 Å². The molecule has 0 bridgehead atoms. The van der Waals surface area contributed by atoms with Crippen molar-refractivity contribution in [2.75, 3.05) is 11.9 Å². The molecule has 102 valence electrons. The first-order chi connectivity index (χ1) is 8.89. The summed E-state index contributed by atoms with van der Waals surface area (Å²) in [4.78, 5) is 15.0. The number of amides is 2. The van der Waals surface area contributed by atoms with E-state index in [0.717, 1.165) is 18.9 Å². The molecule has 2 amide bonds. The van der Waals surface area contributed by atoms with Gasteiger partial charge in [-0.25, -0.2) is 4.79 Å². The number of benzene rings is 1. The Bertz CT molecular complexity index is 537. The number of halogens is 3. The fourth-order valence-electron chi connectivity index (χ4n) is 2.53. The van der Waals surface area contributed by atoms with Crippen molar-refractivity contribution in [3.05, 3.63) is 29.3 Å². The third-order valence-electron chi connectivity index (χ3n) is 3.67. The molecule has 1 aromatic rings. The minimum absolute atomic E-state index is 0.0544. The molecule has 3 nitrogen and oxygen atoms in total. The van der Waals surface area contributed by atoms with Crippen molar-refractivity contribution in [3.8, 4) is 0 Å². The summed E-state index contributed by atoms with van der Waals surface area (Å²) < 4.78 is 39.1. The predicted octanol–water partition coefficient (Wildman–Crippen LogP) is 3.24.